The first-order valence-corrected chi connectivity index (χ1v) is 4.31. The van der Waals surface area contributed by atoms with Crippen LogP contribution in [0.5, 0.6) is 0 Å². The summed E-state index contributed by atoms with van der Waals surface area (Å²) in [5.41, 5.74) is 1.98. The molecule has 0 spiro atoms. The molecular weight excluding hydrogens is 180 g/mol. The van der Waals surface area contributed by atoms with Gasteiger partial charge in [-0.25, -0.2) is 9.78 Å². The van der Waals surface area contributed by atoms with Gasteiger partial charge in [0.1, 0.15) is 5.52 Å². The lowest BCUT2D eigenvalue weighted by Gasteiger charge is -1.87. The van der Waals surface area contributed by atoms with E-state index in [1.54, 1.807) is 18.2 Å². The maximum atomic E-state index is 10.0. The molecule has 0 aliphatic heterocycles. The summed E-state index contributed by atoms with van der Waals surface area (Å²) in [7, 11) is 0. The zero-order valence-corrected chi connectivity index (χ0v) is 7.65. The molecule has 14 heavy (non-hydrogen) atoms. The maximum Gasteiger partial charge on any atom is 0.240 e. The van der Waals surface area contributed by atoms with Gasteiger partial charge in [-0.05, 0) is 18.2 Å². The Morgan fingerprint density at radius 2 is 2.43 bits per heavy atom. The third kappa shape index (κ3) is 1.43. The van der Waals surface area contributed by atoms with Crippen molar-refractivity contribution in [1.82, 2.24) is 4.98 Å². The molecule has 0 atom stereocenters. The van der Waals surface area contributed by atoms with Gasteiger partial charge in [-0.15, -0.1) is 0 Å². The minimum Gasteiger partial charge on any atom is -0.441 e. The van der Waals surface area contributed by atoms with Gasteiger partial charge in [-0.2, -0.15) is 4.99 Å². The van der Waals surface area contributed by atoms with Crippen molar-refractivity contribution in [3.8, 4) is 0 Å². The molecule has 0 bridgehead atoms. The smallest absolute Gasteiger partial charge is 0.240 e. The van der Waals surface area contributed by atoms with Crippen LogP contribution in [0.1, 0.15) is 12.8 Å². The van der Waals surface area contributed by atoms with Crippen molar-refractivity contribution in [2.45, 2.75) is 13.3 Å². The Labute approximate surface area is 80.3 Å². The van der Waals surface area contributed by atoms with Crippen molar-refractivity contribution in [3.05, 3.63) is 24.1 Å². The van der Waals surface area contributed by atoms with Gasteiger partial charge in [0.25, 0.3) is 0 Å². The maximum absolute atomic E-state index is 10.0. The Morgan fingerprint density at radius 1 is 1.57 bits per heavy atom. The van der Waals surface area contributed by atoms with E-state index in [9.17, 15) is 4.79 Å². The average Bonchev–Trinajstić information content (AvgIpc) is 2.60. The van der Waals surface area contributed by atoms with Crippen LogP contribution in [0.2, 0.25) is 0 Å². The van der Waals surface area contributed by atoms with Crippen molar-refractivity contribution in [2.24, 2.45) is 4.99 Å². The van der Waals surface area contributed by atoms with Crippen LogP contribution in [0.15, 0.2) is 27.6 Å². The summed E-state index contributed by atoms with van der Waals surface area (Å²) in [4.78, 5) is 17.8. The minimum atomic E-state index is 0.545. The largest absolute Gasteiger partial charge is 0.441 e. The minimum absolute atomic E-state index is 0.545. The number of aliphatic imine (C=N–C) groups is 1. The Morgan fingerprint density at radius 3 is 3.14 bits per heavy atom. The molecule has 4 nitrogen and oxygen atoms in total. The van der Waals surface area contributed by atoms with Crippen molar-refractivity contribution < 1.29 is 9.21 Å². The molecule has 1 aromatic heterocycles. The number of aryl methyl sites for hydroxylation is 1. The number of rotatable bonds is 2. The third-order valence-electron chi connectivity index (χ3n) is 1.89. The summed E-state index contributed by atoms with van der Waals surface area (Å²) in [6.07, 6.45) is 2.24. The van der Waals surface area contributed by atoms with E-state index in [1.165, 1.54) is 6.08 Å². The summed E-state index contributed by atoms with van der Waals surface area (Å²) in [6, 6.07) is 5.14. The molecule has 0 saturated heterocycles. The van der Waals surface area contributed by atoms with Crippen LogP contribution in [-0.4, -0.2) is 11.1 Å². The van der Waals surface area contributed by atoms with Gasteiger partial charge in [0.05, 0.1) is 5.69 Å². The van der Waals surface area contributed by atoms with E-state index in [1.807, 2.05) is 6.92 Å². The van der Waals surface area contributed by atoms with Gasteiger partial charge >= 0.3 is 0 Å². The van der Waals surface area contributed by atoms with E-state index in [-0.39, 0.29) is 0 Å². The topological polar surface area (TPSA) is 55.5 Å². The summed E-state index contributed by atoms with van der Waals surface area (Å²) in [5, 5.41) is 0. The molecule has 0 N–H and O–H groups in total. The second kappa shape index (κ2) is 3.44. The van der Waals surface area contributed by atoms with Gasteiger partial charge in [0.15, 0.2) is 11.5 Å². The van der Waals surface area contributed by atoms with E-state index >= 15 is 0 Å². The number of isocyanates is 1. The first kappa shape index (κ1) is 8.66. The number of hydrogen-bond donors (Lipinski definition) is 0. The Kier molecular flexibility index (Phi) is 2.13. The van der Waals surface area contributed by atoms with Gasteiger partial charge < -0.3 is 4.42 Å². The Balaban J connectivity index is 2.59. The number of hydrogen-bond acceptors (Lipinski definition) is 4. The molecule has 0 fully saturated rings. The standard InChI is InChI=1S/C10H8N2O2/c1-2-10-12-8-5-7(11-6-13)3-4-9(8)14-10/h3-5H,2H2,1H3. The molecule has 1 aromatic carbocycles. The molecule has 0 amide bonds. The molecule has 0 unspecified atom stereocenters. The van der Waals surface area contributed by atoms with Crippen LogP contribution >= 0.6 is 0 Å². The molecule has 4 heteroatoms. The monoisotopic (exact) mass is 188 g/mol. The second-order valence-electron chi connectivity index (χ2n) is 2.82. The Hall–Kier alpha value is -1.93. The number of carbonyl (C=O) groups excluding carboxylic acids is 1. The molecule has 0 radical (unpaired) electrons. The fourth-order valence-electron chi connectivity index (χ4n) is 1.24. The predicted molar refractivity (Wildman–Crippen MR) is 51.2 cm³/mol. The third-order valence-corrected chi connectivity index (χ3v) is 1.89. The first-order chi connectivity index (χ1) is 6.83. The molecular formula is C10H8N2O2. The van der Waals surface area contributed by atoms with Crippen molar-refractivity contribution in [2.75, 3.05) is 0 Å². The van der Waals surface area contributed by atoms with E-state index in [2.05, 4.69) is 9.98 Å². The van der Waals surface area contributed by atoms with E-state index in [4.69, 9.17) is 4.42 Å². The van der Waals surface area contributed by atoms with Crippen LogP contribution < -0.4 is 0 Å². The lowest BCUT2D eigenvalue weighted by molar-refractivity contribution is 0.538. The van der Waals surface area contributed by atoms with Gasteiger partial charge in [0, 0.05) is 6.42 Å². The SMILES string of the molecule is CCc1nc2cc(N=C=O)ccc2o1. The van der Waals surface area contributed by atoms with E-state index in [0.717, 1.165) is 11.9 Å². The molecule has 0 saturated carbocycles. The highest BCUT2D eigenvalue weighted by molar-refractivity contribution is 5.77. The molecule has 2 aromatic rings. The second-order valence-corrected chi connectivity index (χ2v) is 2.82. The molecule has 2 rings (SSSR count). The van der Waals surface area contributed by atoms with Crippen LogP contribution in [0.25, 0.3) is 11.1 Å². The number of benzene rings is 1. The summed E-state index contributed by atoms with van der Waals surface area (Å²) in [5.74, 6) is 0.687. The zero-order valence-electron chi connectivity index (χ0n) is 7.65. The van der Waals surface area contributed by atoms with Crippen LogP contribution in [-0.2, 0) is 11.2 Å². The van der Waals surface area contributed by atoms with E-state index in [0.29, 0.717) is 17.2 Å². The van der Waals surface area contributed by atoms with Crippen LogP contribution in [0.3, 0.4) is 0 Å². The van der Waals surface area contributed by atoms with Crippen molar-refractivity contribution in [3.63, 3.8) is 0 Å². The summed E-state index contributed by atoms with van der Waals surface area (Å²) >= 11 is 0. The Bertz CT molecular complexity index is 510. The number of fused-ring (bicyclic) bond motifs is 1. The molecule has 0 aliphatic rings. The van der Waals surface area contributed by atoms with E-state index < -0.39 is 0 Å². The quantitative estimate of drug-likeness (QED) is 0.537. The van der Waals surface area contributed by atoms with Crippen molar-refractivity contribution >= 4 is 22.9 Å². The van der Waals surface area contributed by atoms with Gasteiger partial charge in [-0.1, -0.05) is 6.92 Å². The average molecular weight is 188 g/mol. The fraction of sp³-hybridized carbons (Fsp3) is 0.200. The number of nitrogens with zero attached hydrogens (tertiary/aromatic N) is 2. The summed E-state index contributed by atoms with van der Waals surface area (Å²) in [6.45, 7) is 1.97. The fourth-order valence-corrected chi connectivity index (χ4v) is 1.24. The highest BCUT2D eigenvalue weighted by Crippen LogP contribution is 2.21. The lowest BCUT2D eigenvalue weighted by Crippen LogP contribution is -1.75. The zero-order chi connectivity index (χ0) is 9.97. The number of oxazole rings is 1. The summed E-state index contributed by atoms with van der Waals surface area (Å²) < 4.78 is 5.40. The van der Waals surface area contributed by atoms with Gasteiger partial charge in [-0.3, -0.25) is 0 Å². The highest BCUT2D eigenvalue weighted by Gasteiger charge is 2.03. The van der Waals surface area contributed by atoms with Crippen LogP contribution in [0.4, 0.5) is 5.69 Å². The predicted octanol–water partition coefficient (Wildman–Crippen LogP) is 2.36. The molecule has 1 heterocycles. The highest BCUT2D eigenvalue weighted by atomic mass is 16.3. The molecule has 70 valence electrons. The van der Waals surface area contributed by atoms with Gasteiger partial charge in [0.2, 0.25) is 6.08 Å². The van der Waals surface area contributed by atoms with Crippen molar-refractivity contribution in [1.29, 1.82) is 0 Å². The lowest BCUT2D eigenvalue weighted by atomic mass is 10.3. The molecule has 0 aliphatic carbocycles. The first-order valence-electron chi connectivity index (χ1n) is 4.31. The normalized spacial score (nSPS) is 10.1. The van der Waals surface area contributed by atoms with Crippen LogP contribution in [0, 0.1) is 0 Å². The number of aromatic nitrogens is 1.